The number of ether oxygens (including phenoxy) is 1. The van der Waals surface area contributed by atoms with E-state index >= 15 is 0 Å². The summed E-state index contributed by atoms with van der Waals surface area (Å²) >= 11 is 0. The minimum atomic E-state index is -0.655. The first-order valence-electron chi connectivity index (χ1n) is 5.47. The Hall–Kier alpha value is -1.06. The number of nitrogens with one attached hydrogen (secondary N) is 1. The molecular formula is C12H15NO2. The summed E-state index contributed by atoms with van der Waals surface area (Å²) < 4.78 is 5.65. The smallest absolute Gasteiger partial charge is 0.119 e. The van der Waals surface area contributed by atoms with E-state index in [9.17, 15) is 5.11 Å². The van der Waals surface area contributed by atoms with Gasteiger partial charge in [-0.1, -0.05) is 12.1 Å². The predicted octanol–water partition coefficient (Wildman–Crippen LogP) is 1.02. The quantitative estimate of drug-likeness (QED) is 0.774. The lowest BCUT2D eigenvalue weighted by molar-refractivity contribution is -0.0146. The highest BCUT2D eigenvalue weighted by Crippen LogP contribution is 2.30. The van der Waals surface area contributed by atoms with Crippen molar-refractivity contribution in [1.29, 1.82) is 0 Å². The van der Waals surface area contributed by atoms with Crippen LogP contribution in [0, 0.1) is 0 Å². The summed E-state index contributed by atoms with van der Waals surface area (Å²) in [6.07, 6.45) is 2.79. The molecular weight excluding hydrogens is 190 g/mol. The highest BCUT2D eigenvalue weighted by atomic mass is 16.5. The molecule has 1 aliphatic carbocycles. The van der Waals surface area contributed by atoms with Gasteiger partial charge in [0.15, 0.2) is 0 Å². The average Bonchev–Trinajstić information content (AvgIpc) is 2.99. The van der Waals surface area contributed by atoms with Crippen molar-refractivity contribution in [3.8, 4) is 5.75 Å². The summed E-state index contributed by atoms with van der Waals surface area (Å²) in [6, 6.07) is 7.81. The van der Waals surface area contributed by atoms with Crippen molar-refractivity contribution in [3.05, 3.63) is 29.8 Å². The Bertz CT molecular complexity index is 352. The van der Waals surface area contributed by atoms with Crippen LogP contribution in [0.1, 0.15) is 18.4 Å². The van der Waals surface area contributed by atoms with E-state index in [1.807, 2.05) is 24.3 Å². The first-order chi connectivity index (χ1) is 7.26. The van der Waals surface area contributed by atoms with Crippen LogP contribution in [0.4, 0.5) is 0 Å². The van der Waals surface area contributed by atoms with Crippen LogP contribution < -0.4 is 10.1 Å². The zero-order chi connectivity index (χ0) is 10.3. The van der Waals surface area contributed by atoms with Crippen LogP contribution >= 0.6 is 0 Å². The standard InChI is InChI=1S/C12H15NO2/c14-12(7-13-8-12)9-1-3-10(4-2-9)15-11-5-6-11/h1-4,11,13-14H,5-8H2. The zero-order valence-corrected chi connectivity index (χ0v) is 8.57. The van der Waals surface area contributed by atoms with Crippen LogP contribution in [0.5, 0.6) is 5.75 Å². The number of hydrogen-bond acceptors (Lipinski definition) is 3. The topological polar surface area (TPSA) is 41.5 Å². The minimum absolute atomic E-state index is 0.435. The maximum Gasteiger partial charge on any atom is 0.119 e. The van der Waals surface area contributed by atoms with E-state index in [4.69, 9.17) is 4.74 Å². The van der Waals surface area contributed by atoms with Gasteiger partial charge in [0.1, 0.15) is 11.4 Å². The van der Waals surface area contributed by atoms with Gasteiger partial charge in [0.05, 0.1) is 6.10 Å². The second-order valence-electron chi connectivity index (χ2n) is 4.48. The third-order valence-electron chi connectivity index (χ3n) is 3.05. The van der Waals surface area contributed by atoms with Gasteiger partial charge in [-0.05, 0) is 30.5 Å². The van der Waals surface area contributed by atoms with Crippen molar-refractivity contribution in [2.24, 2.45) is 0 Å². The van der Waals surface area contributed by atoms with Gasteiger partial charge in [-0.25, -0.2) is 0 Å². The van der Waals surface area contributed by atoms with Crippen LogP contribution in [0.25, 0.3) is 0 Å². The minimum Gasteiger partial charge on any atom is -0.490 e. The Morgan fingerprint density at radius 2 is 1.87 bits per heavy atom. The maximum atomic E-state index is 10.1. The van der Waals surface area contributed by atoms with Crippen LogP contribution in [-0.2, 0) is 5.60 Å². The van der Waals surface area contributed by atoms with E-state index in [2.05, 4.69) is 5.32 Å². The lowest BCUT2D eigenvalue weighted by Crippen LogP contribution is -2.56. The summed E-state index contributed by atoms with van der Waals surface area (Å²) in [5.74, 6) is 0.914. The Morgan fingerprint density at radius 1 is 1.20 bits per heavy atom. The van der Waals surface area contributed by atoms with E-state index in [-0.39, 0.29) is 0 Å². The third kappa shape index (κ3) is 1.73. The van der Waals surface area contributed by atoms with Gasteiger partial charge in [0.2, 0.25) is 0 Å². The summed E-state index contributed by atoms with van der Waals surface area (Å²) in [4.78, 5) is 0. The fourth-order valence-corrected chi connectivity index (χ4v) is 1.79. The molecule has 1 aromatic carbocycles. The molecule has 1 saturated carbocycles. The van der Waals surface area contributed by atoms with Crippen LogP contribution in [0.15, 0.2) is 24.3 Å². The number of benzene rings is 1. The number of β-amino-alcohol motifs (C(OH)–C–C–N with tert-alkyl or cyclic N) is 1. The second kappa shape index (κ2) is 3.22. The van der Waals surface area contributed by atoms with E-state index in [1.54, 1.807) is 0 Å². The molecule has 2 N–H and O–H groups in total. The SMILES string of the molecule is OC1(c2ccc(OC3CC3)cc2)CNC1. The van der Waals surface area contributed by atoms with Crippen molar-refractivity contribution < 1.29 is 9.84 Å². The fraction of sp³-hybridized carbons (Fsp3) is 0.500. The Labute approximate surface area is 89.1 Å². The molecule has 3 heteroatoms. The molecule has 0 amide bonds. The normalized spacial score (nSPS) is 23.3. The highest BCUT2D eigenvalue weighted by molar-refractivity contribution is 5.33. The van der Waals surface area contributed by atoms with E-state index < -0.39 is 5.60 Å². The van der Waals surface area contributed by atoms with Crippen LogP contribution in [0.3, 0.4) is 0 Å². The molecule has 2 aliphatic rings. The van der Waals surface area contributed by atoms with Crippen molar-refractivity contribution in [2.45, 2.75) is 24.5 Å². The average molecular weight is 205 g/mol. The summed E-state index contributed by atoms with van der Waals surface area (Å²) in [7, 11) is 0. The van der Waals surface area contributed by atoms with E-state index in [0.29, 0.717) is 19.2 Å². The molecule has 1 aliphatic heterocycles. The van der Waals surface area contributed by atoms with E-state index in [0.717, 1.165) is 11.3 Å². The Kier molecular flexibility index (Phi) is 1.97. The molecule has 1 saturated heterocycles. The number of rotatable bonds is 3. The molecule has 3 nitrogen and oxygen atoms in total. The number of aliphatic hydroxyl groups is 1. The van der Waals surface area contributed by atoms with Crippen molar-refractivity contribution >= 4 is 0 Å². The molecule has 0 spiro atoms. The monoisotopic (exact) mass is 205 g/mol. The third-order valence-corrected chi connectivity index (χ3v) is 3.05. The first kappa shape index (κ1) is 9.19. The molecule has 0 aromatic heterocycles. The van der Waals surface area contributed by atoms with E-state index in [1.165, 1.54) is 12.8 Å². The molecule has 0 bridgehead atoms. The van der Waals surface area contributed by atoms with Gasteiger partial charge in [0, 0.05) is 13.1 Å². The fourth-order valence-electron chi connectivity index (χ4n) is 1.79. The van der Waals surface area contributed by atoms with Crippen LogP contribution in [-0.4, -0.2) is 24.3 Å². The molecule has 1 heterocycles. The van der Waals surface area contributed by atoms with Gasteiger partial charge in [-0.3, -0.25) is 0 Å². The van der Waals surface area contributed by atoms with Crippen molar-refractivity contribution in [2.75, 3.05) is 13.1 Å². The largest absolute Gasteiger partial charge is 0.490 e. The first-order valence-corrected chi connectivity index (χ1v) is 5.47. The Morgan fingerprint density at radius 3 is 2.33 bits per heavy atom. The predicted molar refractivity (Wildman–Crippen MR) is 56.9 cm³/mol. The van der Waals surface area contributed by atoms with Gasteiger partial charge < -0.3 is 15.2 Å². The van der Waals surface area contributed by atoms with Gasteiger partial charge in [-0.15, -0.1) is 0 Å². The second-order valence-corrected chi connectivity index (χ2v) is 4.48. The molecule has 0 radical (unpaired) electrons. The summed E-state index contributed by atoms with van der Waals surface area (Å²) in [5, 5.41) is 13.1. The molecule has 1 aromatic rings. The Balaban J connectivity index is 1.74. The number of hydrogen-bond donors (Lipinski definition) is 2. The van der Waals surface area contributed by atoms with Gasteiger partial charge in [0.25, 0.3) is 0 Å². The summed E-state index contributed by atoms with van der Waals surface area (Å²) in [5.41, 5.74) is 0.322. The van der Waals surface area contributed by atoms with Gasteiger partial charge >= 0.3 is 0 Å². The lowest BCUT2D eigenvalue weighted by atomic mass is 9.88. The molecule has 0 atom stereocenters. The molecule has 2 fully saturated rings. The summed E-state index contributed by atoms with van der Waals surface area (Å²) in [6.45, 7) is 1.30. The molecule has 3 rings (SSSR count). The molecule has 80 valence electrons. The zero-order valence-electron chi connectivity index (χ0n) is 8.57. The highest BCUT2D eigenvalue weighted by Gasteiger charge is 2.36. The van der Waals surface area contributed by atoms with Crippen LogP contribution in [0.2, 0.25) is 0 Å². The molecule has 0 unspecified atom stereocenters. The maximum absolute atomic E-state index is 10.1. The van der Waals surface area contributed by atoms with Crippen molar-refractivity contribution in [3.63, 3.8) is 0 Å². The molecule has 15 heavy (non-hydrogen) atoms. The van der Waals surface area contributed by atoms with Crippen molar-refractivity contribution in [1.82, 2.24) is 5.32 Å². The van der Waals surface area contributed by atoms with Gasteiger partial charge in [-0.2, -0.15) is 0 Å². The lowest BCUT2D eigenvalue weighted by Gasteiger charge is -2.38.